The lowest BCUT2D eigenvalue weighted by molar-refractivity contribution is -0.114. The van der Waals surface area contributed by atoms with Gasteiger partial charge in [0.05, 0.1) is 5.69 Å². The third-order valence-corrected chi connectivity index (χ3v) is 2.31. The number of amides is 1. The molecule has 0 aliphatic carbocycles. The predicted octanol–water partition coefficient (Wildman–Crippen LogP) is 2.76. The van der Waals surface area contributed by atoms with Crippen LogP contribution in [0.25, 0.3) is 11.3 Å². The van der Waals surface area contributed by atoms with E-state index >= 15 is 0 Å². The summed E-state index contributed by atoms with van der Waals surface area (Å²) in [5.74, 6) is -0.0946. The Hall–Kier alpha value is -1.94. The van der Waals surface area contributed by atoms with Crippen molar-refractivity contribution >= 4 is 23.2 Å². The Morgan fingerprint density at radius 3 is 2.53 bits per heavy atom. The number of nitrogens with one attached hydrogen (secondary N) is 1. The molecule has 0 atom stereocenters. The molecule has 0 aliphatic heterocycles. The molecule has 1 N–H and O–H groups in total. The van der Waals surface area contributed by atoms with Gasteiger partial charge in [-0.05, 0) is 29.8 Å². The third kappa shape index (κ3) is 3.01. The van der Waals surface area contributed by atoms with Crippen molar-refractivity contribution in [1.82, 2.24) is 9.97 Å². The minimum Gasteiger partial charge on any atom is -0.326 e. The van der Waals surface area contributed by atoms with Crippen LogP contribution < -0.4 is 5.32 Å². The number of hydrogen-bond donors (Lipinski definition) is 1. The molecule has 4 nitrogen and oxygen atoms in total. The fourth-order valence-electron chi connectivity index (χ4n) is 1.42. The summed E-state index contributed by atoms with van der Waals surface area (Å²) in [4.78, 5) is 18.8. The summed E-state index contributed by atoms with van der Waals surface area (Å²) in [6.45, 7) is 1.47. The van der Waals surface area contributed by atoms with Crippen LogP contribution in [0.3, 0.4) is 0 Å². The Bertz CT molecular complexity index is 540. The van der Waals surface area contributed by atoms with Gasteiger partial charge in [-0.2, -0.15) is 0 Å². The van der Waals surface area contributed by atoms with E-state index in [1.807, 2.05) is 24.3 Å². The average Bonchev–Trinajstić information content (AvgIpc) is 2.29. The molecule has 2 aromatic rings. The molecule has 0 fully saturated rings. The fraction of sp³-hybridized carbons (Fsp3) is 0.0833. The van der Waals surface area contributed by atoms with Gasteiger partial charge in [0.15, 0.2) is 0 Å². The van der Waals surface area contributed by atoms with Crippen LogP contribution in [0.15, 0.2) is 36.5 Å². The first kappa shape index (κ1) is 11.5. The Morgan fingerprint density at radius 2 is 1.94 bits per heavy atom. The highest BCUT2D eigenvalue weighted by molar-refractivity contribution is 6.28. The lowest BCUT2D eigenvalue weighted by atomic mass is 10.1. The van der Waals surface area contributed by atoms with E-state index in [9.17, 15) is 4.79 Å². The van der Waals surface area contributed by atoms with Gasteiger partial charge < -0.3 is 5.32 Å². The van der Waals surface area contributed by atoms with Crippen molar-refractivity contribution in [2.45, 2.75) is 6.92 Å². The summed E-state index contributed by atoms with van der Waals surface area (Å²) in [6.07, 6.45) is 1.60. The number of nitrogens with zero attached hydrogens (tertiary/aromatic N) is 2. The molecule has 1 aromatic heterocycles. The zero-order valence-corrected chi connectivity index (χ0v) is 9.90. The first-order valence-electron chi connectivity index (χ1n) is 5.02. The van der Waals surface area contributed by atoms with Gasteiger partial charge >= 0.3 is 0 Å². The molecule has 17 heavy (non-hydrogen) atoms. The summed E-state index contributed by atoms with van der Waals surface area (Å²) in [7, 11) is 0. The van der Waals surface area contributed by atoms with E-state index in [0.29, 0.717) is 0 Å². The number of anilines is 1. The lowest BCUT2D eigenvalue weighted by Crippen LogP contribution is -2.05. The standard InChI is InChI=1S/C12H10ClN3O/c1-8(17)15-10-4-2-9(3-5-10)11-6-7-14-12(13)16-11/h2-7H,1H3,(H,15,17). The van der Waals surface area contributed by atoms with Gasteiger partial charge in [0.2, 0.25) is 11.2 Å². The second kappa shape index (κ2) is 4.93. The van der Waals surface area contributed by atoms with Gasteiger partial charge in [0, 0.05) is 24.4 Å². The zero-order chi connectivity index (χ0) is 12.3. The maximum atomic E-state index is 10.9. The van der Waals surface area contributed by atoms with Crippen LogP contribution in [0.5, 0.6) is 0 Å². The smallest absolute Gasteiger partial charge is 0.222 e. The number of hydrogen-bond acceptors (Lipinski definition) is 3. The maximum Gasteiger partial charge on any atom is 0.222 e. The molecule has 0 saturated heterocycles. The van der Waals surface area contributed by atoms with Crippen LogP contribution in [-0.2, 0) is 4.79 Å². The Balaban J connectivity index is 2.26. The monoisotopic (exact) mass is 247 g/mol. The Kier molecular flexibility index (Phi) is 3.35. The molecule has 0 aliphatic rings. The highest BCUT2D eigenvalue weighted by atomic mass is 35.5. The van der Waals surface area contributed by atoms with Crippen LogP contribution in [0.2, 0.25) is 5.28 Å². The first-order valence-corrected chi connectivity index (χ1v) is 5.39. The van der Waals surface area contributed by atoms with Gasteiger partial charge in [0.25, 0.3) is 0 Å². The lowest BCUT2D eigenvalue weighted by Gasteiger charge is -2.04. The van der Waals surface area contributed by atoms with Crippen LogP contribution >= 0.6 is 11.6 Å². The summed E-state index contributed by atoms with van der Waals surface area (Å²) in [6, 6.07) is 9.13. The first-order chi connectivity index (χ1) is 8.15. The highest BCUT2D eigenvalue weighted by Crippen LogP contribution is 2.20. The quantitative estimate of drug-likeness (QED) is 0.831. The van der Waals surface area contributed by atoms with Gasteiger partial charge in [-0.15, -0.1) is 0 Å². The predicted molar refractivity (Wildman–Crippen MR) is 66.8 cm³/mol. The topological polar surface area (TPSA) is 54.9 Å². The van der Waals surface area contributed by atoms with Crippen LogP contribution in [0, 0.1) is 0 Å². The third-order valence-electron chi connectivity index (χ3n) is 2.13. The number of benzene rings is 1. The van der Waals surface area contributed by atoms with Crippen molar-refractivity contribution < 1.29 is 4.79 Å². The van der Waals surface area contributed by atoms with E-state index in [1.165, 1.54) is 6.92 Å². The maximum absolute atomic E-state index is 10.9. The summed E-state index contributed by atoms with van der Waals surface area (Å²) in [5, 5.41) is 2.91. The zero-order valence-electron chi connectivity index (χ0n) is 9.14. The molecular formula is C12H10ClN3O. The largest absolute Gasteiger partial charge is 0.326 e. The Morgan fingerprint density at radius 1 is 1.24 bits per heavy atom. The van der Waals surface area contributed by atoms with E-state index in [2.05, 4.69) is 15.3 Å². The summed E-state index contributed by atoms with van der Waals surface area (Å²) in [5.41, 5.74) is 2.42. The molecule has 1 aromatic carbocycles. The van der Waals surface area contributed by atoms with Crippen molar-refractivity contribution in [3.8, 4) is 11.3 Å². The molecule has 1 amide bonds. The summed E-state index contributed by atoms with van der Waals surface area (Å²) >= 11 is 5.72. The van der Waals surface area contributed by atoms with E-state index in [-0.39, 0.29) is 11.2 Å². The molecule has 0 saturated carbocycles. The van der Waals surface area contributed by atoms with Crippen LogP contribution in [-0.4, -0.2) is 15.9 Å². The number of rotatable bonds is 2. The van der Waals surface area contributed by atoms with Gasteiger partial charge in [-0.3, -0.25) is 4.79 Å². The van der Waals surface area contributed by atoms with Crippen molar-refractivity contribution in [1.29, 1.82) is 0 Å². The van der Waals surface area contributed by atoms with Gasteiger partial charge in [-0.25, -0.2) is 9.97 Å². The number of halogens is 1. The molecule has 0 spiro atoms. The van der Waals surface area contributed by atoms with E-state index in [0.717, 1.165) is 16.9 Å². The van der Waals surface area contributed by atoms with E-state index < -0.39 is 0 Å². The number of aromatic nitrogens is 2. The minimum atomic E-state index is -0.0946. The normalized spacial score (nSPS) is 10.0. The second-order valence-electron chi connectivity index (χ2n) is 3.47. The summed E-state index contributed by atoms with van der Waals surface area (Å²) < 4.78 is 0. The fourth-order valence-corrected chi connectivity index (χ4v) is 1.57. The molecule has 1 heterocycles. The molecule has 2 rings (SSSR count). The van der Waals surface area contributed by atoms with Crippen molar-refractivity contribution in [2.75, 3.05) is 5.32 Å². The minimum absolute atomic E-state index is 0.0946. The van der Waals surface area contributed by atoms with E-state index in [4.69, 9.17) is 11.6 Å². The molecule has 0 radical (unpaired) electrons. The van der Waals surface area contributed by atoms with E-state index in [1.54, 1.807) is 12.3 Å². The molecule has 0 unspecified atom stereocenters. The average molecular weight is 248 g/mol. The van der Waals surface area contributed by atoms with Crippen LogP contribution in [0.4, 0.5) is 5.69 Å². The van der Waals surface area contributed by atoms with Crippen LogP contribution in [0.1, 0.15) is 6.92 Å². The van der Waals surface area contributed by atoms with Crippen molar-refractivity contribution in [2.24, 2.45) is 0 Å². The molecule has 86 valence electrons. The van der Waals surface area contributed by atoms with Gasteiger partial charge in [-0.1, -0.05) is 12.1 Å². The molecule has 5 heteroatoms. The molecule has 0 bridgehead atoms. The highest BCUT2D eigenvalue weighted by Gasteiger charge is 2.01. The number of carbonyl (C=O) groups excluding carboxylic acids is 1. The SMILES string of the molecule is CC(=O)Nc1ccc(-c2ccnc(Cl)n2)cc1. The van der Waals surface area contributed by atoms with Crippen molar-refractivity contribution in [3.63, 3.8) is 0 Å². The Labute approximate surface area is 104 Å². The van der Waals surface area contributed by atoms with Crippen molar-refractivity contribution in [3.05, 3.63) is 41.8 Å². The number of carbonyl (C=O) groups is 1. The van der Waals surface area contributed by atoms with Gasteiger partial charge in [0.1, 0.15) is 0 Å². The second-order valence-corrected chi connectivity index (χ2v) is 3.81. The molecular weight excluding hydrogens is 238 g/mol.